The maximum atomic E-state index is 6.04. The lowest BCUT2D eigenvalue weighted by Crippen LogP contribution is -2.38. The van der Waals surface area contributed by atoms with E-state index in [1.54, 1.807) is 0 Å². The summed E-state index contributed by atoms with van der Waals surface area (Å²) in [5, 5.41) is 0. The molecule has 0 bridgehead atoms. The summed E-state index contributed by atoms with van der Waals surface area (Å²) in [6.45, 7) is 12.7. The maximum Gasteiger partial charge on any atom is -0.00204 e. The summed E-state index contributed by atoms with van der Waals surface area (Å²) >= 11 is 0. The Morgan fingerprint density at radius 2 is 1.69 bits per heavy atom. The summed E-state index contributed by atoms with van der Waals surface area (Å²) in [5.74, 6) is 1.69. The molecule has 1 heteroatoms. The van der Waals surface area contributed by atoms with Gasteiger partial charge in [-0.2, -0.15) is 0 Å². The smallest absolute Gasteiger partial charge is 0.00204 e. The highest BCUT2D eigenvalue weighted by atomic mass is 14.6. The topological polar surface area (TPSA) is 26.0 Å². The van der Waals surface area contributed by atoms with E-state index in [-0.39, 0.29) is 0 Å². The van der Waals surface area contributed by atoms with E-state index >= 15 is 0 Å². The van der Waals surface area contributed by atoms with E-state index < -0.39 is 0 Å². The van der Waals surface area contributed by atoms with Gasteiger partial charge in [-0.3, -0.25) is 0 Å². The number of hydrogen-bond acceptors (Lipinski definition) is 1. The molecule has 0 unspecified atom stereocenters. The summed E-state index contributed by atoms with van der Waals surface area (Å²) in [7, 11) is 0. The van der Waals surface area contributed by atoms with Crippen molar-refractivity contribution in [2.75, 3.05) is 6.54 Å². The van der Waals surface area contributed by atoms with Crippen molar-refractivity contribution in [3.8, 4) is 0 Å². The monoisotopic (exact) mass is 225 g/mol. The van der Waals surface area contributed by atoms with Crippen molar-refractivity contribution in [1.29, 1.82) is 0 Å². The third kappa shape index (κ3) is 3.48. The van der Waals surface area contributed by atoms with Crippen molar-refractivity contribution in [3.05, 3.63) is 0 Å². The third-order valence-corrected chi connectivity index (χ3v) is 4.55. The summed E-state index contributed by atoms with van der Waals surface area (Å²) < 4.78 is 0. The average Bonchev–Trinajstić information content (AvgIpc) is 2.16. The molecule has 1 rings (SSSR count). The molecule has 0 heterocycles. The van der Waals surface area contributed by atoms with E-state index in [1.807, 2.05) is 0 Å². The zero-order valence-corrected chi connectivity index (χ0v) is 12.0. The molecule has 0 aromatic carbocycles. The van der Waals surface area contributed by atoms with Crippen LogP contribution in [0.1, 0.15) is 66.7 Å². The van der Waals surface area contributed by atoms with Gasteiger partial charge >= 0.3 is 0 Å². The number of nitrogens with two attached hydrogens (primary N) is 1. The molecular formula is C15H31N. The van der Waals surface area contributed by atoms with Crippen molar-refractivity contribution >= 4 is 0 Å². The summed E-state index contributed by atoms with van der Waals surface area (Å²) in [6, 6.07) is 0. The summed E-state index contributed by atoms with van der Waals surface area (Å²) in [6.07, 6.45) is 6.79. The first-order valence-corrected chi connectivity index (χ1v) is 6.99. The van der Waals surface area contributed by atoms with Crippen molar-refractivity contribution < 1.29 is 0 Å². The first kappa shape index (κ1) is 14.0. The van der Waals surface area contributed by atoms with Gasteiger partial charge in [0.1, 0.15) is 0 Å². The fourth-order valence-corrected chi connectivity index (χ4v) is 3.45. The standard InChI is InChI=1S/C15H31N/c1-12(2)10-15(11-16)8-6-13(7-9-15)14(3,4)5/h12-13H,6-11,16H2,1-5H3. The molecule has 0 aliphatic heterocycles. The van der Waals surface area contributed by atoms with Crippen LogP contribution in [-0.4, -0.2) is 6.54 Å². The quantitative estimate of drug-likeness (QED) is 0.765. The molecule has 0 radical (unpaired) electrons. The molecule has 1 aliphatic carbocycles. The third-order valence-electron chi connectivity index (χ3n) is 4.55. The fourth-order valence-electron chi connectivity index (χ4n) is 3.45. The summed E-state index contributed by atoms with van der Waals surface area (Å²) in [5.41, 5.74) is 6.99. The average molecular weight is 225 g/mol. The molecule has 16 heavy (non-hydrogen) atoms. The largest absolute Gasteiger partial charge is 0.330 e. The van der Waals surface area contributed by atoms with Crippen LogP contribution in [-0.2, 0) is 0 Å². The lowest BCUT2D eigenvalue weighted by atomic mass is 9.62. The molecule has 0 spiro atoms. The van der Waals surface area contributed by atoms with Gasteiger partial charge in [-0.25, -0.2) is 0 Å². The van der Waals surface area contributed by atoms with Gasteiger partial charge in [0.25, 0.3) is 0 Å². The van der Waals surface area contributed by atoms with Gasteiger partial charge in [-0.15, -0.1) is 0 Å². The molecule has 2 N–H and O–H groups in total. The Labute approximate surface area is 102 Å². The minimum absolute atomic E-state index is 0.468. The van der Waals surface area contributed by atoms with Crippen molar-refractivity contribution in [2.24, 2.45) is 28.4 Å². The van der Waals surface area contributed by atoms with Gasteiger partial charge in [0.15, 0.2) is 0 Å². The Balaban J connectivity index is 2.57. The van der Waals surface area contributed by atoms with Crippen molar-refractivity contribution in [2.45, 2.75) is 66.7 Å². The van der Waals surface area contributed by atoms with Gasteiger partial charge in [-0.1, -0.05) is 34.6 Å². The molecule has 0 amide bonds. The lowest BCUT2D eigenvalue weighted by molar-refractivity contribution is 0.0768. The number of hydrogen-bond donors (Lipinski definition) is 1. The van der Waals surface area contributed by atoms with Crippen LogP contribution in [0.15, 0.2) is 0 Å². The Morgan fingerprint density at radius 3 is 2.00 bits per heavy atom. The molecule has 1 fully saturated rings. The van der Waals surface area contributed by atoms with Crippen LogP contribution in [0.3, 0.4) is 0 Å². The second kappa shape index (κ2) is 5.08. The Kier molecular flexibility index (Phi) is 4.45. The Hall–Kier alpha value is -0.0400. The van der Waals surface area contributed by atoms with E-state index in [0.29, 0.717) is 10.8 Å². The molecule has 1 nitrogen and oxygen atoms in total. The minimum atomic E-state index is 0.468. The molecule has 0 aromatic rings. The van der Waals surface area contributed by atoms with Crippen molar-refractivity contribution in [3.63, 3.8) is 0 Å². The highest BCUT2D eigenvalue weighted by molar-refractivity contribution is 4.90. The van der Waals surface area contributed by atoms with Crippen LogP contribution < -0.4 is 5.73 Å². The van der Waals surface area contributed by atoms with Crippen molar-refractivity contribution in [1.82, 2.24) is 0 Å². The Bertz CT molecular complexity index is 204. The second-order valence-corrected chi connectivity index (χ2v) is 7.44. The molecule has 0 atom stereocenters. The SMILES string of the molecule is CC(C)CC1(CN)CCC(C(C)(C)C)CC1. The fraction of sp³-hybridized carbons (Fsp3) is 1.00. The van der Waals surface area contributed by atoms with Crippen LogP contribution in [0.2, 0.25) is 0 Å². The van der Waals surface area contributed by atoms with E-state index in [4.69, 9.17) is 5.73 Å². The molecule has 96 valence electrons. The van der Waals surface area contributed by atoms with Crippen LogP contribution in [0.4, 0.5) is 0 Å². The second-order valence-electron chi connectivity index (χ2n) is 7.44. The zero-order valence-electron chi connectivity index (χ0n) is 12.0. The van der Waals surface area contributed by atoms with Gasteiger partial charge in [0.05, 0.1) is 0 Å². The van der Waals surface area contributed by atoms with Gasteiger partial charge in [-0.05, 0) is 61.3 Å². The molecule has 1 aliphatic rings. The van der Waals surface area contributed by atoms with E-state index in [9.17, 15) is 0 Å². The molecule has 0 saturated heterocycles. The minimum Gasteiger partial charge on any atom is -0.330 e. The van der Waals surface area contributed by atoms with Gasteiger partial charge in [0.2, 0.25) is 0 Å². The first-order valence-electron chi connectivity index (χ1n) is 6.99. The summed E-state index contributed by atoms with van der Waals surface area (Å²) in [4.78, 5) is 0. The molecular weight excluding hydrogens is 194 g/mol. The predicted molar refractivity (Wildman–Crippen MR) is 72.4 cm³/mol. The normalized spacial score (nSPS) is 32.1. The molecule has 0 aromatic heterocycles. The van der Waals surface area contributed by atoms with Gasteiger partial charge < -0.3 is 5.73 Å². The van der Waals surface area contributed by atoms with E-state index in [0.717, 1.165) is 18.4 Å². The Morgan fingerprint density at radius 1 is 1.19 bits per heavy atom. The number of rotatable bonds is 3. The van der Waals surface area contributed by atoms with E-state index in [2.05, 4.69) is 34.6 Å². The van der Waals surface area contributed by atoms with Gasteiger partial charge in [0, 0.05) is 0 Å². The van der Waals surface area contributed by atoms with Crippen LogP contribution in [0.25, 0.3) is 0 Å². The predicted octanol–water partition coefficient (Wildman–Crippen LogP) is 4.21. The first-order chi connectivity index (χ1) is 7.29. The zero-order chi connectivity index (χ0) is 12.4. The highest BCUT2D eigenvalue weighted by Gasteiger charge is 2.37. The maximum absolute atomic E-state index is 6.04. The molecule has 1 saturated carbocycles. The van der Waals surface area contributed by atoms with Crippen LogP contribution in [0.5, 0.6) is 0 Å². The van der Waals surface area contributed by atoms with Crippen LogP contribution >= 0.6 is 0 Å². The lowest BCUT2D eigenvalue weighted by Gasteiger charge is -2.44. The van der Waals surface area contributed by atoms with E-state index in [1.165, 1.54) is 32.1 Å². The van der Waals surface area contributed by atoms with Crippen LogP contribution in [0, 0.1) is 22.7 Å². The highest BCUT2D eigenvalue weighted by Crippen LogP contribution is 2.47.